The lowest BCUT2D eigenvalue weighted by Crippen LogP contribution is -2.42. The standard InChI is InChI=1S/C18H20ClF3O7/c1-17(2,3)12-6-14-9(5-13(12)19)4-11(15(29-14)18(20,21)22)16(23)28-10(7-26-24)8-27-25/h4-6,10,15,24-25H,7-8H2,1-3H3. The third-order valence-corrected chi connectivity index (χ3v) is 4.39. The number of benzene rings is 1. The minimum absolute atomic E-state index is 0.0767. The van der Waals surface area contributed by atoms with Gasteiger partial charge in [-0.05, 0) is 29.2 Å². The van der Waals surface area contributed by atoms with Crippen LogP contribution in [-0.4, -0.2) is 48.1 Å². The first-order chi connectivity index (χ1) is 13.4. The van der Waals surface area contributed by atoms with Crippen molar-refractivity contribution in [1.29, 1.82) is 0 Å². The van der Waals surface area contributed by atoms with Crippen molar-refractivity contribution in [2.75, 3.05) is 13.2 Å². The zero-order chi connectivity index (χ0) is 22.0. The molecule has 0 saturated carbocycles. The smallest absolute Gasteiger partial charge is 0.430 e. The molecular weight excluding hydrogens is 421 g/mol. The van der Waals surface area contributed by atoms with E-state index in [-0.39, 0.29) is 11.3 Å². The largest absolute Gasteiger partial charge is 0.475 e. The van der Waals surface area contributed by atoms with Gasteiger partial charge in [0.2, 0.25) is 6.10 Å². The van der Waals surface area contributed by atoms with E-state index in [2.05, 4.69) is 9.78 Å². The Morgan fingerprint density at radius 1 is 1.21 bits per heavy atom. The number of ether oxygens (including phenoxy) is 2. The summed E-state index contributed by atoms with van der Waals surface area (Å²) in [5.41, 5.74) is -0.527. The number of halogens is 4. The lowest BCUT2D eigenvalue weighted by atomic mass is 9.85. The van der Waals surface area contributed by atoms with Gasteiger partial charge in [0.15, 0.2) is 6.10 Å². The monoisotopic (exact) mass is 440 g/mol. The second-order valence-electron chi connectivity index (χ2n) is 7.38. The number of hydrogen-bond acceptors (Lipinski definition) is 7. The van der Waals surface area contributed by atoms with Crippen LogP contribution in [0.5, 0.6) is 5.75 Å². The van der Waals surface area contributed by atoms with Crippen molar-refractivity contribution in [2.45, 2.75) is 44.6 Å². The quantitative estimate of drug-likeness (QED) is 0.388. The molecule has 1 heterocycles. The zero-order valence-corrected chi connectivity index (χ0v) is 16.5. The van der Waals surface area contributed by atoms with Gasteiger partial charge in [-0.15, -0.1) is 0 Å². The summed E-state index contributed by atoms with van der Waals surface area (Å²) in [6.07, 6.45) is -7.88. The Balaban J connectivity index is 2.46. The first kappa shape index (κ1) is 23.4. The van der Waals surface area contributed by atoms with E-state index in [1.54, 1.807) is 0 Å². The number of fused-ring (bicyclic) bond motifs is 1. The van der Waals surface area contributed by atoms with Gasteiger partial charge in [0, 0.05) is 10.6 Å². The second-order valence-corrected chi connectivity index (χ2v) is 7.79. The Labute approximate surface area is 169 Å². The van der Waals surface area contributed by atoms with Crippen LogP contribution in [0.2, 0.25) is 5.02 Å². The Morgan fingerprint density at radius 3 is 2.28 bits per heavy atom. The summed E-state index contributed by atoms with van der Waals surface area (Å²) in [7, 11) is 0. The minimum Gasteiger partial charge on any atom is -0.475 e. The van der Waals surface area contributed by atoms with Gasteiger partial charge in [-0.2, -0.15) is 13.2 Å². The fourth-order valence-corrected chi connectivity index (χ4v) is 3.16. The van der Waals surface area contributed by atoms with Gasteiger partial charge in [-0.25, -0.2) is 14.6 Å². The highest BCUT2D eigenvalue weighted by molar-refractivity contribution is 6.31. The highest BCUT2D eigenvalue weighted by atomic mass is 35.5. The normalized spacial score (nSPS) is 16.9. The van der Waals surface area contributed by atoms with Crippen molar-refractivity contribution in [3.8, 4) is 5.75 Å². The van der Waals surface area contributed by atoms with Crippen LogP contribution in [0.15, 0.2) is 17.7 Å². The molecule has 7 nitrogen and oxygen atoms in total. The van der Waals surface area contributed by atoms with Crippen LogP contribution in [0, 0.1) is 0 Å². The van der Waals surface area contributed by atoms with Crippen LogP contribution in [0.3, 0.4) is 0 Å². The van der Waals surface area contributed by atoms with E-state index >= 15 is 0 Å². The zero-order valence-electron chi connectivity index (χ0n) is 15.7. The first-order valence-electron chi connectivity index (χ1n) is 8.41. The lowest BCUT2D eigenvalue weighted by molar-refractivity contribution is -0.291. The topological polar surface area (TPSA) is 94.5 Å². The maximum Gasteiger partial charge on any atom is 0.430 e. The van der Waals surface area contributed by atoms with E-state index in [1.807, 2.05) is 20.8 Å². The maximum atomic E-state index is 13.6. The fraction of sp³-hybridized carbons (Fsp3) is 0.500. The van der Waals surface area contributed by atoms with Crippen LogP contribution in [-0.2, 0) is 24.7 Å². The molecule has 0 aromatic heterocycles. The molecule has 0 amide bonds. The molecule has 0 saturated heterocycles. The van der Waals surface area contributed by atoms with Crippen molar-refractivity contribution in [1.82, 2.24) is 0 Å². The van der Waals surface area contributed by atoms with Gasteiger partial charge in [-0.3, -0.25) is 10.5 Å². The van der Waals surface area contributed by atoms with E-state index < -0.39 is 48.6 Å². The number of alkyl halides is 3. The van der Waals surface area contributed by atoms with Crippen LogP contribution in [0.1, 0.15) is 31.9 Å². The predicted octanol–water partition coefficient (Wildman–Crippen LogP) is 4.24. The molecule has 1 aromatic rings. The summed E-state index contributed by atoms with van der Waals surface area (Å²) in [5, 5.41) is 17.2. The molecule has 0 fully saturated rings. The number of hydrogen-bond donors (Lipinski definition) is 2. The molecule has 1 atom stereocenters. The molecule has 0 aliphatic carbocycles. The lowest BCUT2D eigenvalue weighted by Gasteiger charge is -2.30. The third kappa shape index (κ3) is 5.61. The molecule has 0 radical (unpaired) electrons. The Morgan fingerprint density at radius 2 is 1.79 bits per heavy atom. The SMILES string of the molecule is CC(C)(C)c1cc2c(cc1Cl)C=C(C(=O)OC(COO)COO)C(C(F)(F)F)O2. The average Bonchev–Trinajstić information content (AvgIpc) is 2.58. The Kier molecular flexibility index (Phi) is 7.18. The third-order valence-electron chi connectivity index (χ3n) is 4.07. The Bertz CT molecular complexity index is 781. The number of carbonyl (C=O) groups excluding carboxylic acids is 1. The fourth-order valence-electron chi connectivity index (χ4n) is 2.70. The molecule has 2 N–H and O–H groups in total. The van der Waals surface area contributed by atoms with Gasteiger partial charge >= 0.3 is 12.1 Å². The molecule has 0 spiro atoms. The summed E-state index contributed by atoms with van der Waals surface area (Å²) in [6, 6.07) is 2.82. The van der Waals surface area contributed by atoms with Crippen LogP contribution >= 0.6 is 11.6 Å². The van der Waals surface area contributed by atoms with Crippen molar-refractivity contribution in [2.24, 2.45) is 0 Å². The molecule has 162 valence electrons. The van der Waals surface area contributed by atoms with E-state index in [0.717, 1.165) is 6.08 Å². The molecule has 1 aromatic carbocycles. The summed E-state index contributed by atoms with van der Waals surface area (Å²) >= 11 is 6.25. The predicted molar refractivity (Wildman–Crippen MR) is 95.6 cm³/mol. The molecule has 1 aliphatic heterocycles. The van der Waals surface area contributed by atoms with Crippen molar-refractivity contribution < 1.29 is 47.7 Å². The van der Waals surface area contributed by atoms with E-state index in [9.17, 15) is 18.0 Å². The first-order valence-corrected chi connectivity index (χ1v) is 8.79. The van der Waals surface area contributed by atoms with Gasteiger partial charge in [0.25, 0.3) is 0 Å². The minimum atomic E-state index is -4.92. The van der Waals surface area contributed by atoms with Crippen LogP contribution in [0.4, 0.5) is 13.2 Å². The van der Waals surface area contributed by atoms with Crippen molar-refractivity contribution in [3.63, 3.8) is 0 Å². The molecule has 1 aliphatic rings. The number of carbonyl (C=O) groups is 1. The van der Waals surface area contributed by atoms with E-state index in [1.165, 1.54) is 12.1 Å². The number of rotatable bonds is 6. The molecule has 2 rings (SSSR count). The maximum absolute atomic E-state index is 13.6. The number of esters is 1. The van der Waals surface area contributed by atoms with E-state index in [4.69, 9.17) is 31.6 Å². The second kappa shape index (κ2) is 8.88. The summed E-state index contributed by atoms with van der Waals surface area (Å²) in [5.74, 6) is -1.46. The van der Waals surface area contributed by atoms with Crippen LogP contribution in [0.25, 0.3) is 6.08 Å². The molecule has 29 heavy (non-hydrogen) atoms. The van der Waals surface area contributed by atoms with Gasteiger partial charge in [-0.1, -0.05) is 32.4 Å². The van der Waals surface area contributed by atoms with Gasteiger partial charge in [0.1, 0.15) is 19.0 Å². The van der Waals surface area contributed by atoms with Crippen molar-refractivity contribution >= 4 is 23.6 Å². The highest BCUT2D eigenvalue weighted by Gasteiger charge is 2.49. The molecule has 1 unspecified atom stereocenters. The molecular formula is C18H20ClF3O7. The average molecular weight is 441 g/mol. The van der Waals surface area contributed by atoms with Gasteiger partial charge < -0.3 is 9.47 Å². The van der Waals surface area contributed by atoms with Gasteiger partial charge in [0.05, 0.1) is 5.57 Å². The summed E-state index contributed by atoms with van der Waals surface area (Å²) in [6.45, 7) is 4.27. The molecule has 0 bridgehead atoms. The van der Waals surface area contributed by atoms with E-state index in [0.29, 0.717) is 10.6 Å². The Hall–Kier alpha value is -1.85. The summed E-state index contributed by atoms with van der Waals surface area (Å²) < 4.78 is 50.6. The highest BCUT2D eigenvalue weighted by Crippen LogP contribution is 2.42. The molecule has 11 heteroatoms. The van der Waals surface area contributed by atoms with Crippen molar-refractivity contribution in [3.05, 3.63) is 33.9 Å². The summed E-state index contributed by atoms with van der Waals surface area (Å²) in [4.78, 5) is 20.0. The van der Waals surface area contributed by atoms with Crippen LogP contribution < -0.4 is 4.74 Å².